The fraction of sp³-hybridized carbons (Fsp3) is 0.471. The predicted octanol–water partition coefficient (Wildman–Crippen LogP) is 2.55. The minimum absolute atomic E-state index is 0.0990. The first-order valence-corrected chi connectivity index (χ1v) is 8.57. The molecule has 2 aromatic rings. The Balaban J connectivity index is 1.71. The van der Waals surface area contributed by atoms with Gasteiger partial charge in [-0.1, -0.05) is 29.8 Å². The quantitative estimate of drug-likeness (QED) is 0.864. The average Bonchev–Trinajstić information content (AvgIpc) is 2.94. The van der Waals surface area contributed by atoms with Gasteiger partial charge in [-0.25, -0.2) is 0 Å². The van der Waals surface area contributed by atoms with E-state index in [1.807, 2.05) is 47.6 Å². The van der Waals surface area contributed by atoms with Crippen molar-refractivity contribution in [3.8, 4) is 11.4 Å². The summed E-state index contributed by atoms with van der Waals surface area (Å²) >= 11 is 5.33. The molecule has 1 aliphatic rings. The maximum absolute atomic E-state index is 12.4. The summed E-state index contributed by atoms with van der Waals surface area (Å²) in [6.07, 6.45) is 0.501. The average molecular weight is 346 g/mol. The normalized spacial score (nSPS) is 17.9. The van der Waals surface area contributed by atoms with Crippen LogP contribution in [-0.4, -0.2) is 51.4 Å². The third-order valence-corrected chi connectivity index (χ3v) is 4.52. The number of rotatable bonds is 4. The zero-order valence-corrected chi connectivity index (χ0v) is 14.8. The lowest BCUT2D eigenvalue weighted by Gasteiger charge is -2.31. The van der Waals surface area contributed by atoms with Crippen molar-refractivity contribution in [2.75, 3.05) is 19.7 Å². The molecule has 0 saturated carbocycles. The van der Waals surface area contributed by atoms with Crippen molar-refractivity contribution < 1.29 is 9.53 Å². The van der Waals surface area contributed by atoms with Gasteiger partial charge in [-0.3, -0.25) is 14.5 Å². The van der Waals surface area contributed by atoms with Gasteiger partial charge in [0.05, 0.1) is 12.7 Å². The molecule has 1 aromatic carbocycles. The molecule has 0 radical (unpaired) electrons. The zero-order valence-electron chi connectivity index (χ0n) is 14.0. The number of amides is 1. The Morgan fingerprint density at radius 2 is 2.17 bits per heavy atom. The third kappa shape index (κ3) is 3.73. The molecule has 7 heteroatoms. The molecule has 1 fully saturated rings. The van der Waals surface area contributed by atoms with Gasteiger partial charge in [-0.15, -0.1) is 0 Å². The number of carbonyl (C=O) groups excluding carboxylic acids is 1. The Morgan fingerprint density at radius 1 is 1.42 bits per heavy atom. The highest BCUT2D eigenvalue weighted by molar-refractivity contribution is 7.71. The van der Waals surface area contributed by atoms with E-state index in [1.54, 1.807) is 0 Å². The summed E-state index contributed by atoms with van der Waals surface area (Å²) in [6.45, 7) is 6.46. The lowest BCUT2D eigenvalue weighted by atomic mass is 10.1. The van der Waals surface area contributed by atoms with Crippen molar-refractivity contribution in [3.05, 3.63) is 34.6 Å². The molecule has 0 aliphatic carbocycles. The SMILES string of the molecule is Cc1ccc(-c2n[nH]c(=S)n2CCC(=O)N2CCO[C@@H](C)C2)cc1. The second-order valence-electron chi connectivity index (χ2n) is 6.14. The predicted molar refractivity (Wildman–Crippen MR) is 94.2 cm³/mol. The molecule has 1 saturated heterocycles. The number of carbonyl (C=O) groups is 1. The van der Waals surface area contributed by atoms with Crippen LogP contribution >= 0.6 is 12.2 Å². The number of H-pyrrole nitrogens is 1. The molecule has 1 N–H and O–H groups in total. The Labute approximate surface area is 146 Å². The van der Waals surface area contributed by atoms with E-state index in [-0.39, 0.29) is 12.0 Å². The van der Waals surface area contributed by atoms with E-state index in [4.69, 9.17) is 17.0 Å². The number of nitrogens with one attached hydrogen (secondary N) is 1. The van der Waals surface area contributed by atoms with Gasteiger partial charge >= 0.3 is 0 Å². The van der Waals surface area contributed by atoms with Crippen LogP contribution in [0.2, 0.25) is 0 Å². The van der Waals surface area contributed by atoms with Gasteiger partial charge in [0.25, 0.3) is 0 Å². The van der Waals surface area contributed by atoms with Crippen LogP contribution in [0.3, 0.4) is 0 Å². The van der Waals surface area contributed by atoms with E-state index in [1.165, 1.54) is 5.56 Å². The number of morpholine rings is 1. The number of nitrogens with zero attached hydrogens (tertiary/aromatic N) is 3. The molecule has 1 atom stereocenters. The molecular formula is C17H22N4O2S. The Hall–Kier alpha value is -1.99. The minimum Gasteiger partial charge on any atom is -0.375 e. The van der Waals surface area contributed by atoms with Gasteiger partial charge < -0.3 is 9.64 Å². The Bertz CT molecular complexity index is 766. The number of benzene rings is 1. The highest BCUT2D eigenvalue weighted by Crippen LogP contribution is 2.18. The summed E-state index contributed by atoms with van der Waals surface area (Å²) < 4.78 is 7.91. The summed E-state index contributed by atoms with van der Waals surface area (Å²) in [4.78, 5) is 14.3. The van der Waals surface area contributed by atoms with Crippen LogP contribution in [0.1, 0.15) is 18.9 Å². The summed E-state index contributed by atoms with van der Waals surface area (Å²) in [7, 11) is 0. The van der Waals surface area contributed by atoms with Gasteiger partial charge in [0.15, 0.2) is 10.6 Å². The van der Waals surface area contributed by atoms with Crippen LogP contribution in [0, 0.1) is 11.7 Å². The van der Waals surface area contributed by atoms with Crippen molar-refractivity contribution >= 4 is 18.1 Å². The van der Waals surface area contributed by atoms with Gasteiger partial charge in [0.1, 0.15) is 0 Å². The highest BCUT2D eigenvalue weighted by atomic mass is 32.1. The molecule has 24 heavy (non-hydrogen) atoms. The van der Waals surface area contributed by atoms with Crippen LogP contribution in [0.5, 0.6) is 0 Å². The van der Waals surface area contributed by atoms with E-state index in [0.29, 0.717) is 37.4 Å². The molecule has 1 aliphatic heterocycles. The largest absolute Gasteiger partial charge is 0.375 e. The van der Waals surface area contributed by atoms with E-state index < -0.39 is 0 Å². The van der Waals surface area contributed by atoms with Crippen LogP contribution in [0.15, 0.2) is 24.3 Å². The third-order valence-electron chi connectivity index (χ3n) is 4.21. The fourth-order valence-corrected chi connectivity index (χ4v) is 3.08. The molecule has 6 nitrogen and oxygen atoms in total. The number of hydrogen-bond acceptors (Lipinski definition) is 4. The van der Waals surface area contributed by atoms with Crippen LogP contribution < -0.4 is 0 Å². The highest BCUT2D eigenvalue weighted by Gasteiger charge is 2.21. The van der Waals surface area contributed by atoms with Crippen molar-refractivity contribution in [1.82, 2.24) is 19.7 Å². The Kier molecular flexibility index (Phi) is 5.11. The molecule has 0 spiro atoms. The van der Waals surface area contributed by atoms with Gasteiger partial charge in [0.2, 0.25) is 5.91 Å². The van der Waals surface area contributed by atoms with Crippen LogP contribution in [0.25, 0.3) is 11.4 Å². The van der Waals surface area contributed by atoms with E-state index in [0.717, 1.165) is 11.4 Å². The van der Waals surface area contributed by atoms with Crippen molar-refractivity contribution in [3.63, 3.8) is 0 Å². The van der Waals surface area contributed by atoms with E-state index in [2.05, 4.69) is 10.2 Å². The fourth-order valence-electron chi connectivity index (χ4n) is 2.86. The second-order valence-corrected chi connectivity index (χ2v) is 6.53. The molecule has 1 aromatic heterocycles. The molecular weight excluding hydrogens is 324 g/mol. The minimum atomic E-state index is 0.0990. The number of ether oxygens (including phenoxy) is 1. The van der Waals surface area contributed by atoms with Gasteiger partial charge in [-0.05, 0) is 26.1 Å². The van der Waals surface area contributed by atoms with E-state index in [9.17, 15) is 4.79 Å². The number of aryl methyl sites for hydroxylation is 1. The van der Waals surface area contributed by atoms with Crippen LogP contribution in [-0.2, 0) is 16.1 Å². The van der Waals surface area contributed by atoms with Gasteiger partial charge in [-0.2, -0.15) is 5.10 Å². The summed E-state index contributed by atoms with van der Waals surface area (Å²) in [5.41, 5.74) is 2.18. The van der Waals surface area contributed by atoms with Crippen LogP contribution in [0.4, 0.5) is 0 Å². The molecule has 128 valence electrons. The summed E-state index contributed by atoms with van der Waals surface area (Å²) in [6, 6.07) is 8.11. The Morgan fingerprint density at radius 3 is 2.88 bits per heavy atom. The van der Waals surface area contributed by atoms with Gasteiger partial charge in [0, 0.05) is 31.6 Å². The van der Waals surface area contributed by atoms with Crippen molar-refractivity contribution in [2.45, 2.75) is 32.9 Å². The topological polar surface area (TPSA) is 63.2 Å². The smallest absolute Gasteiger partial charge is 0.224 e. The number of aromatic amines is 1. The first kappa shape index (κ1) is 16.9. The summed E-state index contributed by atoms with van der Waals surface area (Å²) in [5.74, 6) is 0.895. The first-order chi connectivity index (χ1) is 11.5. The summed E-state index contributed by atoms with van der Waals surface area (Å²) in [5, 5.41) is 7.15. The molecule has 1 amide bonds. The maximum Gasteiger partial charge on any atom is 0.224 e. The molecule has 0 unspecified atom stereocenters. The maximum atomic E-state index is 12.4. The molecule has 2 heterocycles. The standard InChI is InChI=1S/C17H22N4O2S/c1-12-3-5-14(6-4-12)16-18-19-17(24)21(16)8-7-15(22)20-9-10-23-13(2)11-20/h3-6,13H,7-11H2,1-2H3,(H,19,24)/t13-/m0/s1. The molecule has 0 bridgehead atoms. The zero-order chi connectivity index (χ0) is 17.1. The van der Waals surface area contributed by atoms with E-state index >= 15 is 0 Å². The molecule has 3 rings (SSSR count). The van der Waals surface area contributed by atoms with Crippen molar-refractivity contribution in [2.24, 2.45) is 0 Å². The number of hydrogen-bond donors (Lipinski definition) is 1. The number of aromatic nitrogens is 3. The lowest BCUT2D eigenvalue weighted by Crippen LogP contribution is -2.44. The first-order valence-electron chi connectivity index (χ1n) is 8.16. The monoisotopic (exact) mass is 346 g/mol. The lowest BCUT2D eigenvalue weighted by molar-refractivity contribution is -0.138. The van der Waals surface area contributed by atoms with Crippen molar-refractivity contribution in [1.29, 1.82) is 0 Å². The second kappa shape index (κ2) is 7.27.